The Morgan fingerprint density at radius 1 is 0.461 bits per heavy atom. The van der Waals surface area contributed by atoms with Crippen LogP contribution < -0.4 is 45.9 Å². The number of nitrogen functional groups attached to an aromatic ring is 1. The summed E-state index contributed by atoms with van der Waals surface area (Å²) in [6.07, 6.45) is 16.4. The number of alkyl halides is 4. The Labute approximate surface area is 679 Å². The molecule has 6 aromatic carbocycles. The SMILES string of the molecule is COc1ccc(Cn2nc(N)c3nccnc32)cc1.COc1ccc(Cn2nc(Nc3ccc4c(N5CC[C@@H](F)C5)nccc4c3)c3nccnc32)cc1.Clc1nccc2cc(Br)ccc12.F[C@@H]1CCN(c2nccc3cc(Br)ccc23)C1.F[C@@H]1CCN(c2nccc3cc(Nc4[nH]nc5nccnc45)ccc23)C1.F[C@@H]1CCNC1. The molecule has 0 spiro atoms. The van der Waals surface area contributed by atoms with Gasteiger partial charge in [0.2, 0.25) is 5.65 Å². The number of pyridine rings is 4. The number of fused-ring (bicyclic) bond motifs is 7. The summed E-state index contributed by atoms with van der Waals surface area (Å²) < 4.78 is 68.5. The van der Waals surface area contributed by atoms with E-state index in [2.05, 4.69) is 119 Å². The fraction of sp³-hybridized carbons (Fsp3) is 0.241. The molecule has 0 bridgehead atoms. The molecule has 20 rings (SSSR count). The molecule has 0 amide bonds. The second kappa shape index (κ2) is 36.4. The number of aromatic nitrogens is 16. The smallest absolute Gasteiger partial charge is 0.201 e. The lowest BCUT2D eigenvalue weighted by Crippen LogP contribution is -2.21. The topological polar surface area (TPSA) is 284 Å². The summed E-state index contributed by atoms with van der Waals surface area (Å²) in [5.41, 5.74) is 13.7. The van der Waals surface area contributed by atoms with Crippen molar-refractivity contribution in [1.82, 2.24) is 84.9 Å². The maximum atomic E-state index is 13.8. The fourth-order valence-electron chi connectivity index (χ4n) is 13.9. The standard InChI is InChI=1S/C26H24FN7O.C18H16FN7.C13H12BrFN2.C13H13N5O.C9H5BrClN.C4H8FN/c1-35-21-5-2-17(3-6-21)15-34-26-23(28-11-12-30-26)24(32-34)31-20-4-7-22-18(14-20)8-10-29-25(22)33-13-9-19(27)16-33;19-12-4-8-26(10-12)18-14-2-1-13(9-11(14)3-5-22-18)23-17-15-16(24-25-17)21-7-6-20-15;14-10-1-2-12-9(7-10)3-5-16-13(12)17-6-4-11(15)8-17;1-19-10-4-2-9(3-5-10)8-18-13-11(12(14)17-18)15-6-7-16-13;10-7-1-2-8-6(5-7)3-4-12-9(8)11;5-4-1-2-6-3-4/h2-8,10-12,14,19H,9,13,15-16H2,1H3,(H,31,32);1-3,5-7,9,12H,4,8,10H2,(H2,21,23,24,25);1-3,5,7,11H,4,6,8H2;2-7H,8H2,1H3,(H2,14,17);1-5H;4,6H,1-3H2/t19-;12-;11-;;;4-/m111..1/s1. The van der Waals surface area contributed by atoms with Crippen LogP contribution in [0.1, 0.15) is 36.8 Å². The lowest BCUT2D eigenvalue weighted by molar-refractivity contribution is 0.361. The van der Waals surface area contributed by atoms with Crippen molar-refractivity contribution in [2.24, 2.45) is 0 Å². The molecule has 4 saturated heterocycles. The second-order valence-corrected chi connectivity index (χ2v) is 29.7. The van der Waals surface area contributed by atoms with Crippen molar-refractivity contribution in [2.45, 2.75) is 63.5 Å². The van der Waals surface area contributed by atoms with Crippen molar-refractivity contribution in [1.29, 1.82) is 0 Å². The summed E-state index contributed by atoms with van der Waals surface area (Å²) in [6, 6.07) is 47.6. The first-order chi connectivity index (χ1) is 56.1. The zero-order chi connectivity index (χ0) is 79.3. The van der Waals surface area contributed by atoms with Crippen molar-refractivity contribution in [3.63, 3.8) is 0 Å². The van der Waals surface area contributed by atoms with Crippen LogP contribution in [0.3, 0.4) is 0 Å². The Morgan fingerprint density at radius 2 is 0.904 bits per heavy atom. The summed E-state index contributed by atoms with van der Waals surface area (Å²) in [7, 11) is 3.30. The van der Waals surface area contributed by atoms with Gasteiger partial charge in [0, 0.05) is 130 Å². The molecule has 14 heterocycles. The average molecular weight is 1700 g/mol. The van der Waals surface area contributed by atoms with Crippen molar-refractivity contribution in [2.75, 3.05) is 97.6 Å². The summed E-state index contributed by atoms with van der Waals surface area (Å²) in [5, 5.41) is 34.7. The molecule has 4 aliphatic heterocycles. The first-order valence-corrected chi connectivity index (χ1v) is 39.2. The third-order valence-corrected chi connectivity index (χ3v) is 20.9. The first kappa shape index (κ1) is 78.2. The molecule has 0 aliphatic carbocycles. The van der Waals surface area contributed by atoms with Crippen LogP contribution in [-0.2, 0) is 13.1 Å². The van der Waals surface area contributed by atoms with Gasteiger partial charge in [0.05, 0.1) is 46.9 Å². The highest BCUT2D eigenvalue weighted by Gasteiger charge is 2.28. The molecule has 32 heteroatoms. The van der Waals surface area contributed by atoms with Gasteiger partial charge in [0.15, 0.2) is 45.3 Å². The molecule has 115 heavy (non-hydrogen) atoms. The van der Waals surface area contributed by atoms with Crippen LogP contribution in [0.4, 0.5) is 63.8 Å². The van der Waals surface area contributed by atoms with Crippen molar-refractivity contribution in [3.05, 3.63) is 233 Å². The molecule has 0 saturated carbocycles. The quantitative estimate of drug-likeness (QED) is 0.0529. The van der Waals surface area contributed by atoms with Crippen molar-refractivity contribution >= 4 is 166 Å². The van der Waals surface area contributed by atoms with Gasteiger partial charge < -0.3 is 45.9 Å². The van der Waals surface area contributed by atoms with Gasteiger partial charge >= 0.3 is 0 Å². The van der Waals surface area contributed by atoms with E-state index in [0.717, 1.165) is 117 Å². The normalized spacial score (nSPS) is 16.3. The van der Waals surface area contributed by atoms with Gasteiger partial charge in [-0.1, -0.05) is 73.8 Å². The number of nitrogens with two attached hydrogens (primary N) is 1. The lowest BCUT2D eigenvalue weighted by atomic mass is 10.1. The van der Waals surface area contributed by atoms with Gasteiger partial charge in [-0.05, 0) is 180 Å². The first-order valence-electron chi connectivity index (χ1n) is 37.2. The molecular formula is C83H78Br2ClF4N23O2. The van der Waals surface area contributed by atoms with E-state index in [0.29, 0.717) is 134 Å². The molecule has 10 aromatic heterocycles. The highest BCUT2D eigenvalue weighted by molar-refractivity contribution is 9.10. The Kier molecular flexibility index (Phi) is 24.8. The van der Waals surface area contributed by atoms with Crippen molar-refractivity contribution < 1.29 is 27.0 Å². The number of H-pyrrole nitrogens is 1. The molecule has 4 atom stereocenters. The fourth-order valence-corrected chi connectivity index (χ4v) is 14.9. The van der Waals surface area contributed by atoms with Crippen molar-refractivity contribution in [3.8, 4) is 11.5 Å². The highest BCUT2D eigenvalue weighted by Crippen LogP contribution is 2.36. The lowest BCUT2D eigenvalue weighted by Gasteiger charge is -2.18. The number of nitrogens with zero attached hydrogens (tertiary/aromatic N) is 18. The van der Waals surface area contributed by atoms with Crippen LogP contribution in [0.15, 0.2) is 217 Å². The number of nitrogens with one attached hydrogen (secondary N) is 4. The molecule has 0 radical (unpaired) electrons. The van der Waals surface area contributed by atoms with E-state index in [1.807, 2.05) is 159 Å². The van der Waals surface area contributed by atoms with Crippen LogP contribution >= 0.6 is 43.5 Å². The molecule has 4 aliphatic rings. The molecule has 4 fully saturated rings. The second-order valence-electron chi connectivity index (χ2n) is 27.5. The number of methoxy groups -OCH3 is 2. The summed E-state index contributed by atoms with van der Waals surface area (Å²) in [5.74, 6) is 5.93. The molecular weight excluding hydrogens is 1620 g/mol. The van der Waals surface area contributed by atoms with Gasteiger partial charge in [-0.25, -0.2) is 76.8 Å². The molecule has 16 aromatic rings. The van der Waals surface area contributed by atoms with Gasteiger partial charge in [-0.3, -0.25) is 5.10 Å². The number of rotatable bonds is 13. The zero-order valence-electron chi connectivity index (χ0n) is 62.4. The van der Waals surface area contributed by atoms with E-state index >= 15 is 0 Å². The Morgan fingerprint density at radius 3 is 1.39 bits per heavy atom. The molecule has 0 unspecified atom stereocenters. The number of hydrogen-bond acceptors (Lipinski definition) is 22. The Hall–Kier alpha value is -12.1. The van der Waals surface area contributed by atoms with E-state index in [-0.39, 0.29) is 0 Å². The van der Waals surface area contributed by atoms with Crippen LogP contribution in [0, 0.1) is 0 Å². The average Bonchev–Trinajstić information content (AvgIpc) is 1.72. The third-order valence-electron chi connectivity index (χ3n) is 19.6. The summed E-state index contributed by atoms with van der Waals surface area (Å²) in [6.45, 7) is 5.98. The maximum absolute atomic E-state index is 13.8. The number of halogens is 7. The predicted octanol–water partition coefficient (Wildman–Crippen LogP) is 16.9. The summed E-state index contributed by atoms with van der Waals surface area (Å²) >= 11 is 12.7. The van der Waals surface area contributed by atoms with E-state index in [1.165, 1.54) is 0 Å². The predicted molar refractivity (Wildman–Crippen MR) is 452 cm³/mol. The van der Waals surface area contributed by atoms with Crippen LogP contribution in [0.25, 0.3) is 76.6 Å². The highest BCUT2D eigenvalue weighted by atomic mass is 79.9. The minimum atomic E-state index is -0.796. The molecule has 6 N–H and O–H groups in total. The van der Waals surface area contributed by atoms with Crippen LogP contribution in [-0.4, -0.2) is 171 Å². The largest absolute Gasteiger partial charge is 0.497 e. The van der Waals surface area contributed by atoms with Crippen LogP contribution in [0.5, 0.6) is 11.5 Å². The van der Waals surface area contributed by atoms with E-state index in [1.54, 1.807) is 80.9 Å². The monoisotopic (exact) mass is 1700 g/mol. The van der Waals surface area contributed by atoms with Gasteiger partial charge in [-0.2, -0.15) is 15.3 Å². The number of benzene rings is 6. The Balaban J connectivity index is 0.000000115. The Bertz CT molecular complexity index is 6030. The minimum Gasteiger partial charge on any atom is -0.497 e. The van der Waals surface area contributed by atoms with E-state index < -0.39 is 24.7 Å². The number of aromatic amines is 1. The van der Waals surface area contributed by atoms with Gasteiger partial charge in [0.1, 0.15) is 58.8 Å². The summed E-state index contributed by atoms with van der Waals surface area (Å²) in [4.78, 5) is 49.4. The van der Waals surface area contributed by atoms with E-state index in [9.17, 15) is 17.6 Å². The van der Waals surface area contributed by atoms with Gasteiger partial charge in [0.25, 0.3) is 0 Å². The van der Waals surface area contributed by atoms with E-state index in [4.69, 9.17) is 31.9 Å². The number of hydrogen-bond donors (Lipinski definition) is 5. The maximum Gasteiger partial charge on any atom is 0.201 e. The zero-order valence-corrected chi connectivity index (χ0v) is 66.4. The number of anilines is 8. The minimum absolute atomic E-state index is 0.391. The van der Waals surface area contributed by atoms with Crippen LogP contribution in [0.2, 0.25) is 5.15 Å². The molecule has 25 nitrogen and oxygen atoms in total. The number of ether oxygens (including phenoxy) is 2. The molecule has 586 valence electrons. The van der Waals surface area contributed by atoms with Gasteiger partial charge in [-0.15, -0.1) is 0 Å². The third kappa shape index (κ3) is 18.9.